The zero-order valence-electron chi connectivity index (χ0n) is 8.45. The van der Waals surface area contributed by atoms with E-state index in [2.05, 4.69) is 0 Å². The summed E-state index contributed by atoms with van der Waals surface area (Å²) in [5, 5.41) is 0. The second-order valence-corrected chi connectivity index (χ2v) is 3.50. The second-order valence-electron chi connectivity index (χ2n) is 3.50. The lowest BCUT2D eigenvalue weighted by Crippen LogP contribution is -2.42. The van der Waals surface area contributed by atoms with E-state index < -0.39 is 11.9 Å². The lowest BCUT2D eigenvalue weighted by Gasteiger charge is -2.30. The number of carbonyl (C=O) groups is 1. The number of hydrogen-bond acceptors (Lipinski definition) is 3. The van der Waals surface area contributed by atoms with Crippen molar-refractivity contribution in [2.24, 2.45) is 0 Å². The Morgan fingerprint density at radius 2 is 2.20 bits per heavy atom. The summed E-state index contributed by atoms with van der Waals surface area (Å²) < 4.78 is 18.4. The fraction of sp³-hybridized carbons (Fsp3) is 0.300. The van der Waals surface area contributed by atoms with Crippen LogP contribution < -0.4 is 15.4 Å². The number of ether oxygens (including phenoxy) is 1. The highest BCUT2D eigenvalue weighted by Crippen LogP contribution is 2.38. The summed E-state index contributed by atoms with van der Waals surface area (Å²) in [5.41, 5.74) is 6.18. The molecule has 80 valence electrons. The average Bonchev–Trinajstić information content (AvgIpc) is 2.17. The van der Waals surface area contributed by atoms with Crippen LogP contribution in [0.15, 0.2) is 12.1 Å². The van der Waals surface area contributed by atoms with Crippen molar-refractivity contribution in [3.8, 4) is 5.75 Å². The molecule has 4 nitrogen and oxygen atoms in total. The van der Waals surface area contributed by atoms with Crippen LogP contribution in [0.2, 0.25) is 0 Å². The fourth-order valence-corrected chi connectivity index (χ4v) is 1.60. The Morgan fingerprint density at radius 3 is 2.87 bits per heavy atom. The highest BCUT2D eigenvalue weighted by Gasteiger charge is 2.30. The van der Waals surface area contributed by atoms with Gasteiger partial charge in [0.2, 0.25) is 0 Å². The van der Waals surface area contributed by atoms with Gasteiger partial charge in [0, 0.05) is 19.2 Å². The Labute approximate surface area is 86.4 Å². The van der Waals surface area contributed by atoms with Gasteiger partial charge in [-0.1, -0.05) is 0 Å². The van der Waals surface area contributed by atoms with Crippen LogP contribution in [0.1, 0.15) is 6.92 Å². The third-order valence-corrected chi connectivity index (χ3v) is 2.40. The molecule has 1 atom stereocenters. The Balaban J connectivity index is 2.60. The van der Waals surface area contributed by atoms with Crippen molar-refractivity contribution in [2.75, 3.05) is 17.7 Å². The minimum Gasteiger partial charge on any atom is -0.477 e. The number of benzene rings is 1. The van der Waals surface area contributed by atoms with Crippen LogP contribution in [0.3, 0.4) is 0 Å². The van der Waals surface area contributed by atoms with Crippen LogP contribution in [0.5, 0.6) is 5.75 Å². The highest BCUT2D eigenvalue weighted by molar-refractivity contribution is 6.00. The molecule has 0 bridgehead atoms. The van der Waals surface area contributed by atoms with Gasteiger partial charge in [-0.05, 0) is 6.92 Å². The van der Waals surface area contributed by atoms with E-state index in [1.54, 1.807) is 14.0 Å². The van der Waals surface area contributed by atoms with E-state index >= 15 is 0 Å². The van der Waals surface area contributed by atoms with Crippen molar-refractivity contribution < 1.29 is 13.9 Å². The molecule has 2 N–H and O–H groups in total. The molecule has 0 fully saturated rings. The molecule has 1 aliphatic heterocycles. The van der Waals surface area contributed by atoms with E-state index in [9.17, 15) is 9.18 Å². The molecule has 0 radical (unpaired) electrons. The molecule has 1 amide bonds. The Kier molecular flexibility index (Phi) is 2.03. The van der Waals surface area contributed by atoms with Gasteiger partial charge in [0.05, 0.1) is 11.4 Å². The van der Waals surface area contributed by atoms with Crippen LogP contribution in [-0.2, 0) is 4.79 Å². The van der Waals surface area contributed by atoms with Crippen molar-refractivity contribution in [1.29, 1.82) is 0 Å². The summed E-state index contributed by atoms with van der Waals surface area (Å²) in [4.78, 5) is 12.9. The van der Waals surface area contributed by atoms with Gasteiger partial charge in [0.1, 0.15) is 5.82 Å². The molecule has 1 heterocycles. The summed E-state index contributed by atoms with van der Waals surface area (Å²) in [7, 11) is 1.57. The molecule has 15 heavy (non-hydrogen) atoms. The lowest BCUT2D eigenvalue weighted by atomic mass is 10.1. The SMILES string of the molecule is CC1Oc2c(N)cc(F)cc2N(C)C1=O. The first kappa shape index (κ1) is 9.76. The maximum Gasteiger partial charge on any atom is 0.267 e. The number of halogens is 1. The van der Waals surface area contributed by atoms with E-state index in [0.717, 1.165) is 0 Å². The lowest BCUT2D eigenvalue weighted by molar-refractivity contribution is -0.125. The van der Waals surface area contributed by atoms with Gasteiger partial charge in [-0.2, -0.15) is 0 Å². The molecule has 2 rings (SSSR count). The molecule has 0 saturated carbocycles. The van der Waals surface area contributed by atoms with Crippen LogP contribution >= 0.6 is 0 Å². The average molecular weight is 210 g/mol. The first-order chi connectivity index (χ1) is 7.00. The molecule has 1 aromatic carbocycles. The molecule has 0 saturated heterocycles. The summed E-state index contributed by atoms with van der Waals surface area (Å²) >= 11 is 0. The molecular formula is C10H11FN2O2. The van der Waals surface area contributed by atoms with Crippen molar-refractivity contribution in [2.45, 2.75) is 13.0 Å². The number of amides is 1. The third-order valence-electron chi connectivity index (χ3n) is 2.40. The van der Waals surface area contributed by atoms with E-state index in [0.29, 0.717) is 11.4 Å². The number of likely N-dealkylation sites (N-methyl/N-ethyl adjacent to an activating group) is 1. The first-order valence-electron chi connectivity index (χ1n) is 4.54. The normalized spacial score (nSPS) is 19.8. The van der Waals surface area contributed by atoms with Crippen LogP contribution in [0, 0.1) is 5.82 Å². The zero-order chi connectivity index (χ0) is 11.2. The van der Waals surface area contributed by atoms with Gasteiger partial charge in [0.25, 0.3) is 5.91 Å². The predicted octanol–water partition coefficient (Wildman–Crippen LogP) is 1.15. The summed E-state index contributed by atoms with van der Waals surface area (Å²) in [6.07, 6.45) is -0.588. The largest absolute Gasteiger partial charge is 0.477 e. The van der Waals surface area contributed by atoms with Crippen molar-refractivity contribution >= 4 is 17.3 Å². The number of carbonyl (C=O) groups excluding carboxylic acids is 1. The second kappa shape index (κ2) is 3.12. The van der Waals surface area contributed by atoms with Gasteiger partial charge in [0.15, 0.2) is 11.9 Å². The topological polar surface area (TPSA) is 55.6 Å². The monoisotopic (exact) mass is 210 g/mol. The smallest absolute Gasteiger partial charge is 0.267 e. The maximum absolute atomic E-state index is 13.1. The number of nitrogens with zero attached hydrogens (tertiary/aromatic N) is 1. The van der Waals surface area contributed by atoms with Gasteiger partial charge >= 0.3 is 0 Å². The molecule has 0 spiro atoms. The summed E-state index contributed by atoms with van der Waals surface area (Å²) in [6.45, 7) is 1.63. The number of nitrogens with two attached hydrogens (primary N) is 1. The van der Waals surface area contributed by atoms with E-state index in [-0.39, 0.29) is 11.6 Å². The quantitative estimate of drug-likeness (QED) is 0.653. The minimum atomic E-state index is -0.588. The first-order valence-corrected chi connectivity index (χ1v) is 4.54. The Hall–Kier alpha value is -1.78. The Bertz CT molecular complexity index is 434. The molecular weight excluding hydrogens is 199 g/mol. The van der Waals surface area contributed by atoms with Gasteiger partial charge in [-0.25, -0.2) is 4.39 Å². The standard InChI is InChI=1S/C10H11FN2O2/c1-5-10(14)13(2)8-4-6(11)3-7(12)9(8)15-5/h3-5H,12H2,1-2H3. The molecule has 5 heteroatoms. The summed E-state index contributed by atoms with van der Waals surface area (Å²) in [5.74, 6) is -0.331. The molecule has 1 unspecified atom stereocenters. The number of rotatable bonds is 0. The fourth-order valence-electron chi connectivity index (χ4n) is 1.60. The van der Waals surface area contributed by atoms with Gasteiger partial charge in [-0.15, -0.1) is 0 Å². The number of fused-ring (bicyclic) bond motifs is 1. The van der Waals surface area contributed by atoms with E-state index in [1.807, 2.05) is 0 Å². The van der Waals surface area contributed by atoms with Crippen LogP contribution in [0.4, 0.5) is 15.8 Å². The Morgan fingerprint density at radius 1 is 1.53 bits per heavy atom. The molecule has 1 aromatic rings. The predicted molar refractivity (Wildman–Crippen MR) is 54.3 cm³/mol. The number of anilines is 2. The van der Waals surface area contributed by atoms with Crippen molar-refractivity contribution in [3.05, 3.63) is 17.9 Å². The van der Waals surface area contributed by atoms with Gasteiger partial charge in [-0.3, -0.25) is 4.79 Å². The zero-order valence-corrected chi connectivity index (χ0v) is 8.45. The highest BCUT2D eigenvalue weighted by atomic mass is 19.1. The number of hydrogen-bond donors (Lipinski definition) is 1. The number of nitrogen functional groups attached to an aromatic ring is 1. The van der Waals surface area contributed by atoms with E-state index in [4.69, 9.17) is 10.5 Å². The van der Waals surface area contributed by atoms with Crippen LogP contribution in [-0.4, -0.2) is 19.1 Å². The summed E-state index contributed by atoms with van der Waals surface area (Å²) in [6, 6.07) is 2.41. The van der Waals surface area contributed by atoms with E-state index in [1.165, 1.54) is 17.0 Å². The molecule has 0 aliphatic carbocycles. The van der Waals surface area contributed by atoms with Crippen molar-refractivity contribution in [1.82, 2.24) is 0 Å². The van der Waals surface area contributed by atoms with Gasteiger partial charge < -0.3 is 15.4 Å². The third kappa shape index (κ3) is 1.40. The minimum absolute atomic E-state index is 0.205. The molecule has 0 aromatic heterocycles. The van der Waals surface area contributed by atoms with Crippen LogP contribution in [0.25, 0.3) is 0 Å². The molecule has 1 aliphatic rings. The van der Waals surface area contributed by atoms with Crippen molar-refractivity contribution in [3.63, 3.8) is 0 Å². The maximum atomic E-state index is 13.1.